The Kier molecular flexibility index (Phi) is 2.87. The average molecular weight is 579 g/mol. The number of hydrogen-bond donors (Lipinski definition) is 0. The molecule has 0 fully saturated rings. The molecule has 206 valence electrons. The Hall–Kier alpha value is -5.86. The van der Waals surface area contributed by atoms with Gasteiger partial charge in [0.25, 0.3) is 0 Å². The van der Waals surface area contributed by atoms with Gasteiger partial charge in [-0.05, 0) is 76.7 Å². The number of para-hydroxylation sites is 3. The molecule has 0 saturated heterocycles. The first kappa shape index (κ1) is 12.8. The van der Waals surface area contributed by atoms with E-state index >= 15 is 0 Å². The van der Waals surface area contributed by atoms with Crippen LogP contribution in [0.2, 0.25) is 0 Å². The van der Waals surface area contributed by atoms with Crippen LogP contribution < -0.4 is 0 Å². The minimum absolute atomic E-state index is 0.0630. The molecule has 0 saturated carbocycles. The summed E-state index contributed by atoms with van der Waals surface area (Å²) in [4.78, 5) is 0. The molecule has 0 aliphatic carbocycles. The fraction of sp³-hybridized carbons (Fsp3) is 0. The van der Waals surface area contributed by atoms with E-state index in [1.54, 1.807) is 57.7 Å². The predicted molar refractivity (Wildman–Crippen MR) is 186 cm³/mol. The van der Waals surface area contributed by atoms with Crippen LogP contribution in [0.1, 0.15) is 24.7 Å². The normalized spacial score (nSPS) is 17.4. The summed E-state index contributed by atoms with van der Waals surface area (Å²) in [7, 11) is 0. The van der Waals surface area contributed by atoms with Crippen LogP contribution >= 0.6 is 0 Å². The third-order valence-corrected chi connectivity index (χ3v) is 7.64. The summed E-state index contributed by atoms with van der Waals surface area (Å²) in [5.74, 6) is 0. The number of aromatic nitrogens is 2. The van der Waals surface area contributed by atoms with E-state index in [0.29, 0.717) is 43.6 Å². The van der Waals surface area contributed by atoms with Crippen molar-refractivity contribution >= 4 is 43.6 Å². The summed E-state index contributed by atoms with van der Waals surface area (Å²) < 4.78 is 160. The Morgan fingerprint density at radius 2 is 0.818 bits per heavy atom. The molecule has 2 aromatic heterocycles. The van der Waals surface area contributed by atoms with Crippen LogP contribution in [0, 0.1) is 0 Å². The lowest BCUT2D eigenvalue weighted by molar-refractivity contribution is 1.17. The van der Waals surface area contributed by atoms with E-state index in [-0.39, 0.29) is 11.4 Å². The summed E-state index contributed by atoms with van der Waals surface area (Å²) in [6, 6.07) is 5.57. The lowest BCUT2D eigenvalue weighted by atomic mass is 9.99. The van der Waals surface area contributed by atoms with Crippen molar-refractivity contribution < 1.29 is 24.7 Å². The zero-order chi connectivity index (χ0) is 44.7. The SMILES string of the molecule is [2H]c1c([2H])c([2H])c(-c2c([2H])c([2H])c([2H])c(-c3c([2H])c([2H])c(-n4c5ccccc5c5c6c7ccccc7n(-c7c([2H])c([2H])c([2H])c([2H])c7[2H])c6ccc54)c([2H])c3[2H])c2[2H])c([2H])c1[2H]. The highest BCUT2D eigenvalue weighted by Crippen LogP contribution is 2.42. The van der Waals surface area contributed by atoms with Gasteiger partial charge in [0.1, 0.15) is 0 Å². The Bertz CT molecular complexity index is 3430. The van der Waals surface area contributed by atoms with Gasteiger partial charge < -0.3 is 9.13 Å². The number of benzene rings is 7. The van der Waals surface area contributed by atoms with Crippen LogP contribution in [0.3, 0.4) is 0 Å². The summed E-state index contributed by atoms with van der Waals surface area (Å²) in [5, 5.41) is 2.48. The molecule has 0 aliphatic rings. The number of nitrogens with zero attached hydrogens (tertiary/aromatic N) is 2. The monoisotopic (exact) mass is 578 g/mol. The molecule has 2 nitrogen and oxygen atoms in total. The van der Waals surface area contributed by atoms with E-state index < -0.39 is 131 Å². The van der Waals surface area contributed by atoms with Crippen molar-refractivity contribution in [2.75, 3.05) is 0 Å². The van der Waals surface area contributed by atoms with Crippen LogP contribution in [-0.2, 0) is 0 Å². The highest BCUT2D eigenvalue weighted by molar-refractivity contribution is 6.28. The standard InChI is InChI=1S/C42H28N2/c1-3-12-29(13-4-1)31-14-11-15-32(28-31)30-22-24-34(25-23-30)44-38-21-10-8-19-36(38)42-40(44)27-26-39-41(42)35-18-7-9-20-37(35)43(39)33-16-5-2-6-17-33/h1-28H/i1D,2D,3D,4D,5D,6D,11D,12D,13D,14D,15D,16D,17D,22D,23D,24D,25D,28D. The van der Waals surface area contributed by atoms with Gasteiger partial charge in [0.05, 0.1) is 46.7 Å². The van der Waals surface area contributed by atoms with Crippen molar-refractivity contribution in [3.05, 3.63) is 169 Å². The number of fused-ring (bicyclic) bond motifs is 7. The highest BCUT2D eigenvalue weighted by Gasteiger charge is 2.20. The van der Waals surface area contributed by atoms with Gasteiger partial charge in [-0.15, -0.1) is 0 Å². The Balaban J connectivity index is 1.37. The first-order chi connectivity index (χ1) is 29.3. The molecule has 0 unspecified atom stereocenters. The van der Waals surface area contributed by atoms with E-state index in [0.717, 1.165) is 0 Å². The molecule has 0 N–H and O–H groups in total. The molecule has 0 atom stereocenters. The Morgan fingerprint density at radius 1 is 0.364 bits per heavy atom. The van der Waals surface area contributed by atoms with Gasteiger partial charge >= 0.3 is 0 Å². The minimum Gasteiger partial charge on any atom is -0.309 e. The summed E-state index contributed by atoms with van der Waals surface area (Å²) in [5.41, 5.74) is -0.721. The fourth-order valence-corrected chi connectivity index (χ4v) is 5.87. The van der Waals surface area contributed by atoms with E-state index in [1.807, 2.05) is 12.1 Å². The van der Waals surface area contributed by atoms with Crippen molar-refractivity contribution in [3.63, 3.8) is 0 Å². The van der Waals surface area contributed by atoms with Gasteiger partial charge in [-0.25, -0.2) is 0 Å². The van der Waals surface area contributed by atoms with Crippen LogP contribution in [0.25, 0.3) is 77.2 Å². The predicted octanol–water partition coefficient (Wildman–Crippen LogP) is 11.2. The average Bonchev–Trinajstić information content (AvgIpc) is 3.77. The molecule has 0 bridgehead atoms. The van der Waals surface area contributed by atoms with E-state index in [2.05, 4.69) is 0 Å². The molecule has 7 aromatic carbocycles. The van der Waals surface area contributed by atoms with Crippen molar-refractivity contribution in [1.82, 2.24) is 9.13 Å². The summed E-state index contributed by atoms with van der Waals surface area (Å²) in [6.07, 6.45) is 0. The maximum absolute atomic E-state index is 9.42. The van der Waals surface area contributed by atoms with Crippen molar-refractivity contribution in [2.24, 2.45) is 0 Å². The smallest absolute Gasteiger partial charge is 0.0645 e. The molecule has 0 radical (unpaired) electrons. The van der Waals surface area contributed by atoms with Gasteiger partial charge in [-0.3, -0.25) is 0 Å². The maximum atomic E-state index is 9.42. The lowest BCUT2D eigenvalue weighted by Gasteiger charge is -2.11. The first-order valence-electron chi connectivity index (χ1n) is 22.7. The van der Waals surface area contributed by atoms with Crippen LogP contribution in [0.5, 0.6) is 0 Å². The maximum Gasteiger partial charge on any atom is 0.0645 e. The molecule has 2 heterocycles. The topological polar surface area (TPSA) is 9.86 Å². The number of hydrogen-bond acceptors (Lipinski definition) is 0. The van der Waals surface area contributed by atoms with E-state index in [9.17, 15) is 6.85 Å². The van der Waals surface area contributed by atoms with Crippen LogP contribution in [0.4, 0.5) is 0 Å². The van der Waals surface area contributed by atoms with E-state index in [4.69, 9.17) is 17.8 Å². The minimum atomic E-state index is -0.826. The molecule has 44 heavy (non-hydrogen) atoms. The van der Waals surface area contributed by atoms with Gasteiger partial charge in [-0.2, -0.15) is 0 Å². The highest BCUT2D eigenvalue weighted by atomic mass is 15.0. The second-order valence-corrected chi connectivity index (χ2v) is 10.0. The zero-order valence-corrected chi connectivity index (χ0v) is 22.7. The van der Waals surface area contributed by atoms with Gasteiger partial charge in [0.15, 0.2) is 0 Å². The summed E-state index contributed by atoms with van der Waals surface area (Å²) in [6.45, 7) is 0. The third-order valence-electron chi connectivity index (χ3n) is 7.64. The summed E-state index contributed by atoms with van der Waals surface area (Å²) >= 11 is 0. The molecule has 9 aromatic rings. The van der Waals surface area contributed by atoms with Crippen LogP contribution in [0.15, 0.2) is 169 Å². The third kappa shape index (κ3) is 3.75. The molecule has 0 aliphatic heterocycles. The largest absolute Gasteiger partial charge is 0.309 e. The van der Waals surface area contributed by atoms with Crippen molar-refractivity contribution in [2.45, 2.75) is 0 Å². The van der Waals surface area contributed by atoms with Crippen LogP contribution in [-0.4, -0.2) is 9.13 Å². The first-order valence-corrected chi connectivity index (χ1v) is 13.7. The molecule has 2 heteroatoms. The van der Waals surface area contributed by atoms with Crippen molar-refractivity contribution in [1.29, 1.82) is 0 Å². The lowest BCUT2D eigenvalue weighted by Crippen LogP contribution is -1.94. The number of rotatable bonds is 4. The second kappa shape index (κ2) is 9.86. The van der Waals surface area contributed by atoms with Gasteiger partial charge in [-0.1, -0.05) is 115 Å². The zero-order valence-electron chi connectivity index (χ0n) is 40.7. The molecule has 0 amide bonds. The van der Waals surface area contributed by atoms with E-state index in [1.165, 1.54) is 0 Å². The Morgan fingerprint density at radius 3 is 1.39 bits per heavy atom. The quantitative estimate of drug-likeness (QED) is 0.197. The molecular weight excluding hydrogens is 532 g/mol. The van der Waals surface area contributed by atoms with Gasteiger partial charge in [0.2, 0.25) is 0 Å². The molecular formula is C42H28N2. The molecule has 0 spiro atoms. The van der Waals surface area contributed by atoms with Gasteiger partial charge in [0, 0.05) is 32.9 Å². The Labute approximate surface area is 281 Å². The fourth-order valence-electron chi connectivity index (χ4n) is 5.87. The van der Waals surface area contributed by atoms with Crippen molar-refractivity contribution in [3.8, 4) is 33.6 Å². The molecule has 9 rings (SSSR count). The second-order valence-electron chi connectivity index (χ2n) is 10.0.